The molecule has 1 aliphatic heterocycles. The van der Waals surface area contributed by atoms with E-state index in [1.807, 2.05) is 0 Å². The fraction of sp³-hybridized carbons (Fsp3) is 0.474. The minimum Gasteiger partial charge on any atom is -0.496 e. The SMILES string of the molecule is COc1ccc2ccccc2c1CN[C@H]1CCN(C2CC2)C1. The first kappa shape index (κ1) is 14.0. The third-order valence-electron chi connectivity index (χ3n) is 5.07. The summed E-state index contributed by atoms with van der Waals surface area (Å²) in [7, 11) is 1.76. The van der Waals surface area contributed by atoms with Gasteiger partial charge >= 0.3 is 0 Å². The van der Waals surface area contributed by atoms with E-state index in [0.29, 0.717) is 6.04 Å². The van der Waals surface area contributed by atoms with Crippen LogP contribution in [0.5, 0.6) is 5.75 Å². The average molecular weight is 296 g/mol. The lowest BCUT2D eigenvalue weighted by Gasteiger charge is -2.18. The number of ether oxygens (including phenoxy) is 1. The van der Waals surface area contributed by atoms with Gasteiger partial charge in [-0.05, 0) is 36.1 Å². The molecule has 116 valence electrons. The fourth-order valence-electron chi connectivity index (χ4n) is 3.66. The van der Waals surface area contributed by atoms with Gasteiger partial charge in [-0.2, -0.15) is 0 Å². The molecule has 1 atom stereocenters. The monoisotopic (exact) mass is 296 g/mol. The van der Waals surface area contributed by atoms with Crippen LogP contribution in [0.3, 0.4) is 0 Å². The molecule has 0 spiro atoms. The van der Waals surface area contributed by atoms with E-state index in [9.17, 15) is 0 Å². The standard InChI is InChI=1S/C19H24N2O/c1-22-19-9-6-14-4-2-3-5-17(14)18(19)12-20-15-10-11-21(13-15)16-7-8-16/h2-6,9,15-16,20H,7-8,10-13H2,1H3/t15-/m0/s1. The van der Waals surface area contributed by atoms with Crippen LogP contribution >= 0.6 is 0 Å². The summed E-state index contributed by atoms with van der Waals surface area (Å²) >= 11 is 0. The summed E-state index contributed by atoms with van der Waals surface area (Å²) in [6.45, 7) is 3.35. The summed E-state index contributed by atoms with van der Waals surface area (Å²) in [5.41, 5.74) is 1.28. The molecule has 3 heteroatoms. The number of benzene rings is 2. The lowest BCUT2D eigenvalue weighted by atomic mass is 10.0. The maximum atomic E-state index is 5.59. The van der Waals surface area contributed by atoms with Crippen molar-refractivity contribution in [2.75, 3.05) is 20.2 Å². The lowest BCUT2D eigenvalue weighted by Crippen LogP contribution is -2.33. The van der Waals surface area contributed by atoms with Crippen molar-refractivity contribution in [2.24, 2.45) is 0 Å². The Hall–Kier alpha value is -1.58. The topological polar surface area (TPSA) is 24.5 Å². The van der Waals surface area contributed by atoms with Gasteiger partial charge in [0.25, 0.3) is 0 Å². The van der Waals surface area contributed by atoms with Gasteiger partial charge in [0, 0.05) is 37.3 Å². The predicted molar refractivity (Wildman–Crippen MR) is 90.3 cm³/mol. The summed E-state index contributed by atoms with van der Waals surface area (Å²) in [6.07, 6.45) is 4.08. The maximum absolute atomic E-state index is 5.59. The molecule has 2 aliphatic rings. The normalized spacial score (nSPS) is 22.3. The Kier molecular flexibility index (Phi) is 3.77. The van der Waals surface area contributed by atoms with Gasteiger partial charge in [-0.3, -0.25) is 4.90 Å². The van der Waals surface area contributed by atoms with E-state index in [1.54, 1.807) is 7.11 Å². The predicted octanol–water partition coefficient (Wildman–Crippen LogP) is 3.17. The zero-order valence-corrected chi connectivity index (χ0v) is 13.2. The third kappa shape index (κ3) is 2.71. The molecular formula is C19H24N2O. The third-order valence-corrected chi connectivity index (χ3v) is 5.07. The van der Waals surface area contributed by atoms with Crippen LogP contribution in [0.25, 0.3) is 10.8 Å². The number of likely N-dealkylation sites (tertiary alicyclic amines) is 1. The number of methoxy groups -OCH3 is 1. The van der Waals surface area contributed by atoms with E-state index in [4.69, 9.17) is 4.74 Å². The maximum Gasteiger partial charge on any atom is 0.123 e. The Bertz CT molecular complexity index is 666. The molecule has 2 aromatic carbocycles. The first-order valence-electron chi connectivity index (χ1n) is 8.37. The van der Waals surface area contributed by atoms with Crippen molar-refractivity contribution in [3.63, 3.8) is 0 Å². The smallest absolute Gasteiger partial charge is 0.123 e. The molecule has 1 aliphatic carbocycles. The van der Waals surface area contributed by atoms with E-state index in [1.165, 1.54) is 48.7 Å². The molecule has 2 aromatic rings. The van der Waals surface area contributed by atoms with Crippen LogP contribution in [0.4, 0.5) is 0 Å². The van der Waals surface area contributed by atoms with Gasteiger partial charge in [0.1, 0.15) is 5.75 Å². The van der Waals surface area contributed by atoms with Crippen molar-refractivity contribution < 1.29 is 4.74 Å². The van der Waals surface area contributed by atoms with Gasteiger partial charge in [0.15, 0.2) is 0 Å². The van der Waals surface area contributed by atoms with E-state index in [-0.39, 0.29) is 0 Å². The first-order valence-corrected chi connectivity index (χ1v) is 8.37. The Labute approximate surface area is 132 Å². The van der Waals surface area contributed by atoms with Crippen molar-refractivity contribution in [2.45, 2.75) is 37.9 Å². The van der Waals surface area contributed by atoms with Gasteiger partial charge < -0.3 is 10.1 Å². The van der Waals surface area contributed by atoms with E-state index >= 15 is 0 Å². The highest BCUT2D eigenvalue weighted by atomic mass is 16.5. The number of nitrogens with one attached hydrogen (secondary N) is 1. The molecule has 0 radical (unpaired) electrons. The van der Waals surface area contributed by atoms with Crippen LogP contribution in [-0.2, 0) is 6.54 Å². The Morgan fingerprint density at radius 3 is 2.82 bits per heavy atom. The lowest BCUT2D eigenvalue weighted by molar-refractivity contribution is 0.317. The van der Waals surface area contributed by atoms with Crippen molar-refractivity contribution in [1.82, 2.24) is 10.2 Å². The summed E-state index contributed by atoms with van der Waals surface area (Å²) in [5, 5.41) is 6.34. The largest absolute Gasteiger partial charge is 0.496 e. The molecule has 1 heterocycles. The van der Waals surface area contributed by atoms with Gasteiger partial charge in [-0.15, -0.1) is 0 Å². The quantitative estimate of drug-likeness (QED) is 0.917. The van der Waals surface area contributed by atoms with Gasteiger partial charge in [-0.1, -0.05) is 30.3 Å². The van der Waals surface area contributed by atoms with Gasteiger partial charge in [-0.25, -0.2) is 0 Å². The molecule has 1 saturated carbocycles. The number of hydrogen-bond donors (Lipinski definition) is 1. The number of nitrogens with zero attached hydrogens (tertiary/aromatic N) is 1. The molecule has 2 fully saturated rings. The molecule has 0 unspecified atom stereocenters. The van der Waals surface area contributed by atoms with E-state index < -0.39 is 0 Å². The zero-order chi connectivity index (χ0) is 14.9. The van der Waals surface area contributed by atoms with Gasteiger partial charge in [0.05, 0.1) is 7.11 Å². The van der Waals surface area contributed by atoms with Gasteiger partial charge in [0.2, 0.25) is 0 Å². The van der Waals surface area contributed by atoms with Crippen molar-refractivity contribution in [3.8, 4) is 5.75 Å². The minimum absolute atomic E-state index is 0.615. The van der Waals surface area contributed by atoms with E-state index in [0.717, 1.165) is 18.3 Å². The minimum atomic E-state index is 0.615. The van der Waals surface area contributed by atoms with Crippen molar-refractivity contribution in [1.29, 1.82) is 0 Å². The highest BCUT2D eigenvalue weighted by molar-refractivity contribution is 5.87. The molecule has 1 N–H and O–H groups in total. The second-order valence-electron chi connectivity index (χ2n) is 6.56. The molecule has 1 saturated heterocycles. The van der Waals surface area contributed by atoms with Crippen LogP contribution in [0.1, 0.15) is 24.8 Å². The average Bonchev–Trinajstić information content (AvgIpc) is 3.31. The second kappa shape index (κ2) is 5.90. The number of hydrogen-bond acceptors (Lipinski definition) is 3. The zero-order valence-electron chi connectivity index (χ0n) is 13.2. The number of fused-ring (bicyclic) bond motifs is 1. The molecule has 4 rings (SSSR count). The first-order chi connectivity index (χ1) is 10.8. The summed E-state index contributed by atoms with van der Waals surface area (Å²) in [6, 6.07) is 14.3. The van der Waals surface area contributed by atoms with E-state index in [2.05, 4.69) is 46.6 Å². The van der Waals surface area contributed by atoms with Crippen molar-refractivity contribution >= 4 is 10.8 Å². The van der Waals surface area contributed by atoms with Crippen molar-refractivity contribution in [3.05, 3.63) is 42.0 Å². The number of rotatable bonds is 5. The highest BCUT2D eigenvalue weighted by Crippen LogP contribution is 2.31. The fourth-order valence-corrected chi connectivity index (χ4v) is 3.66. The second-order valence-corrected chi connectivity index (χ2v) is 6.56. The van der Waals surface area contributed by atoms with Crippen LogP contribution in [-0.4, -0.2) is 37.2 Å². The molecule has 0 amide bonds. The molecule has 22 heavy (non-hydrogen) atoms. The van der Waals surface area contributed by atoms with Crippen LogP contribution < -0.4 is 10.1 Å². The summed E-state index contributed by atoms with van der Waals surface area (Å²) in [4.78, 5) is 2.65. The van der Waals surface area contributed by atoms with Crippen LogP contribution in [0.2, 0.25) is 0 Å². The highest BCUT2D eigenvalue weighted by Gasteiger charge is 2.34. The molecule has 0 bridgehead atoms. The van der Waals surface area contributed by atoms with Crippen LogP contribution in [0, 0.1) is 0 Å². The Morgan fingerprint density at radius 1 is 1.14 bits per heavy atom. The summed E-state index contributed by atoms with van der Waals surface area (Å²) in [5.74, 6) is 0.989. The van der Waals surface area contributed by atoms with Crippen LogP contribution in [0.15, 0.2) is 36.4 Å². The Balaban J connectivity index is 1.50. The Morgan fingerprint density at radius 2 is 2.00 bits per heavy atom. The molecule has 3 nitrogen and oxygen atoms in total. The summed E-state index contributed by atoms with van der Waals surface area (Å²) < 4.78 is 5.59. The molecular weight excluding hydrogens is 272 g/mol. The molecule has 0 aromatic heterocycles.